The van der Waals surface area contributed by atoms with Crippen molar-refractivity contribution in [2.45, 2.75) is 81.5 Å². The molecule has 2 heteroatoms. The smallest absolute Gasteiger partial charge is 0.0974 e. The van der Waals surface area contributed by atoms with Gasteiger partial charge in [-0.05, 0) is 89.7 Å². The van der Waals surface area contributed by atoms with Gasteiger partial charge in [-0.2, -0.15) is 0 Å². The number of aliphatic hydroxyl groups excluding tert-OH is 1. The molecule has 3 aliphatic carbocycles. The predicted octanol–water partition coefficient (Wildman–Crippen LogP) is 6.44. The van der Waals surface area contributed by atoms with Crippen LogP contribution >= 0.6 is 0 Å². The molecule has 2 heterocycles. The zero-order chi connectivity index (χ0) is 20.8. The van der Waals surface area contributed by atoms with Crippen molar-refractivity contribution >= 4 is 10.8 Å². The SMILES string of the molecule is C[C@]12CC=C3C=C4CC[C@@H](O)C[C@]45CCC3(O5)[C@@H]1CC[C@@H]2c1ccc2ccccc2c1. The molecule has 3 fully saturated rings. The van der Waals surface area contributed by atoms with Crippen LogP contribution in [0.15, 0.2) is 65.8 Å². The first-order valence-corrected chi connectivity index (χ1v) is 12.3. The highest BCUT2D eigenvalue weighted by Crippen LogP contribution is 2.69. The Bertz CT molecular complexity index is 1140. The van der Waals surface area contributed by atoms with Gasteiger partial charge >= 0.3 is 0 Å². The van der Waals surface area contributed by atoms with Crippen LogP contribution in [0.25, 0.3) is 10.8 Å². The minimum Gasteiger partial charge on any atom is -0.393 e. The minimum absolute atomic E-state index is 0.126. The van der Waals surface area contributed by atoms with Crippen LogP contribution in [0.2, 0.25) is 0 Å². The normalized spacial score (nSPS) is 43.1. The summed E-state index contributed by atoms with van der Waals surface area (Å²) in [7, 11) is 0. The van der Waals surface area contributed by atoms with Gasteiger partial charge in [-0.25, -0.2) is 0 Å². The van der Waals surface area contributed by atoms with E-state index in [2.05, 4.69) is 61.5 Å². The minimum atomic E-state index is -0.207. The molecule has 160 valence electrons. The third kappa shape index (κ3) is 2.36. The molecule has 2 aromatic rings. The molecule has 2 aliphatic heterocycles. The average Bonchev–Trinajstić information content (AvgIpc) is 3.28. The maximum absolute atomic E-state index is 10.5. The quantitative estimate of drug-likeness (QED) is 0.584. The van der Waals surface area contributed by atoms with Gasteiger partial charge in [0.1, 0.15) is 0 Å². The summed E-state index contributed by atoms with van der Waals surface area (Å²) in [5.74, 6) is 1.14. The van der Waals surface area contributed by atoms with E-state index in [-0.39, 0.29) is 22.7 Å². The van der Waals surface area contributed by atoms with Crippen LogP contribution in [0.1, 0.15) is 69.8 Å². The molecule has 0 amide bonds. The van der Waals surface area contributed by atoms with E-state index in [1.807, 2.05) is 0 Å². The van der Waals surface area contributed by atoms with Gasteiger partial charge in [0.2, 0.25) is 0 Å². The first kappa shape index (κ1) is 18.7. The summed E-state index contributed by atoms with van der Waals surface area (Å²) in [6.45, 7) is 2.54. The fraction of sp³-hybridized carbons (Fsp3) is 0.517. The summed E-state index contributed by atoms with van der Waals surface area (Å²) in [5.41, 5.74) is 4.35. The summed E-state index contributed by atoms with van der Waals surface area (Å²) in [6.07, 6.45) is 13.4. The lowest BCUT2D eigenvalue weighted by molar-refractivity contribution is -0.144. The van der Waals surface area contributed by atoms with Crippen LogP contribution in [0.3, 0.4) is 0 Å². The number of fused-ring (bicyclic) bond motifs is 2. The molecule has 0 radical (unpaired) electrons. The van der Waals surface area contributed by atoms with Crippen LogP contribution < -0.4 is 0 Å². The lowest BCUT2D eigenvalue weighted by Crippen LogP contribution is -2.54. The molecule has 7 rings (SSSR count). The number of hydrogen-bond donors (Lipinski definition) is 1. The van der Waals surface area contributed by atoms with Crippen molar-refractivity contribution in [1.29, 1.82) is 0 Å². The molecular formula is C29H32O2. The van der Waals surface area contributed by atoms with E-state index in [0.717, 1.165) is 38.5 Å². The first-order valence-electron chi connectivity index (χ1n) is 12.3. The van der Waals surface area contributed by atoms with Gasteiger partial charge in [-0.3, -0.25) is 0 Å². The molecule has 2 aromatic carbocycles. The number of aliphatic hydroxyl groups is 1. The molecule has 2 saturated carbocycles. The van der Waals surface area contributed by atoms with E-state index in [4.69, 9.17) is 4.74 Å². The predicted molar refractivity (Wildman–Crippen MR) is 124 cm³/mol. The Balaban J connectivity index is 1.31. The van der Waals surface area contributed by atoms with E-state index < -0.39 is 0 Å². The molecular weight excluding hydrogens is 380 g/mol. The van der Waals surface area contributed by atoms with Crippen molar-refractivity contribution in [2.75, 3.05) is 0 Å². The number of rotatable bonds is 1. The number of ether oxygens (including phenoxy) is 1. The van der Waals surface area contributed by atoms with Gasteiger partial charge in [0.25, 0.3) is 0 Å². The summed E-state index contributed by atoms with van der Waals surface area (Å²) in [5, 5.41) is 13.1. The fourth-order valence-corrected chi connectivity index (χ4v) is 8.35. The Kier molecular flexibility index (Phi) is 3.68. The van der Waals surface area contributed by atoms with Crippen molar-refractivity contribution in [3.8, 4) is 0 Å². The second-order valence-corrected chi connectivity index (χ2v) is 11.2. The second-order valence-electron chi connectivity index (χ2n) is 11.2. The highest BCUT2D eigenvalue weighted by Gasteiger charge is 2.66. The maximum atomic E-state index is 10.5. The zero-order valence-corrected chi connectivity index (χ0v) is 18.4. The second kappa shape index (κ2) is 6.11. The number of hydrogen-bond acceptors (Lipinski definition) is 2. The van der Waals surface area contributed by atoms with Crippen molar-refractivity contribution in [2.24, 2.45) is 11.3 Å². The number of benzene rings is 2. The van der Waals surface area contributed by atoms with Gasteiger partial charge in [-0.15, -0.1) is 0 Å². The molecule has 1 saturated heterocycles. The van der Waals surface area contributed by atoms with Gasteiger partial charge in [-0.1, -0.05) is 61.5 Å². The largest absolute Gasteiger partial charge is 0.393 e. The fourth-order valence-electron chi connectivity index (χ4n) is 8.35. The van der Waals surface area contributed by atoms with E-state index in [1.54, 1.807) is 0 Å². The van der Waals surface area contributed by atoms with Gasteiger partial charge in [0.15, 0.2) is 0 Å². The van der Waals surface area contributed by atoms with E-state index >= 15 is 0 Å². The molecule has 0 aromatic heterocycles. The maximum Gasteiger partial charge on any atom is 0.0974 e. The van der Waals surface area contributed by atoms with E-state index in [9.17, 15) is 5.11 Å². The molecule has 31 heavy (non-hydrogen) atoms. The average molecular weight is 413 g/mol. The van der Waals surface area contributed by atoms with E-state index in [1.165, 1.54) is 40.3 Å². The first-order chi connectivity index (χ1) is 15.0. The topological polar surface area (TPSA) is 29.5 Å². The zero-order valence-electron chi connectivity index (χ0n) is 18.4. The van der Waals surface area contributed by atoms with Crippen molar-refractivity contribution < 1.29 is 9.84 Å². The highest BCUT2D eigenvalue weighted by molar-refractivity contribution is 5.83. The van der Waals surface area contributed by atoms with Crippen LogP contribution in [-0.4, -0.2) is 22.4 Å². The Morgan fingerprint density at radius 1 is 1.00 bits per heavy atom. The standard InChI is InChI=1S/C29H32O2/c1-27-13-12-23-17-22-8-9-24(30)18-28(22)14-15-29(23,31-28)26(27)11-10-25(27)21-7-6-19-4-2-3-5-20(19)16-21/h2-7,12,16-17,24-26,30H,8-11,13-15,18H2,1H3/t24-,25-,26-,27-,28-,29?/m1/s1. The van der Waals surface area contributed by atoms with Crippen molar-refractivity contribution in [1.82, 2.24) is 0 Å². The third-order valence-corrected chi connectivity index (χ3v) is 9.83. The molecule has 2 spiro atoms. The Hall–Kier alpha value is -1.90. The lowest BCUT2D eigenvalue weighted by atomic mass is 9.58. The lowest BCUT2D eigenvalue weighted by Gasteiger charge is -2.54. The Labute approximate surface area is 185 Å². The monoisotopic (exact) mass is 412 g/mol. The van der Waals surface area contributed by atoms with Gasteiger partial charge < -0.3 is 9.84 Å². The highest BCUT2D eigenvalue weighted by atomic mass is 16.5. The van der Waals surface area contributed by atoms with Gasteiger partial charge in [0, 0.05) is 6.42 Å². The van der Waals surface area contributed by atoms with Crippen molar-refractivity contribution in [3.05, 3.63) is 71.3 Å². The molecule has 6 atom stereocenters. The van der Waals surface area contributed by atoms with Gasteiger partial charge in [0.05, 0.1) is 17.3 Å². The Morgan fingerprint density at radius 3 is 2.77 bits per heavy atom. The van der Waals surface area contributed by atoms with Crippen molar-refractivity contribution in [3.63, 3.8) is 0 Å². The van der Waals surface area contributed by atoms with Crippen LogP contribution in [0.5, 0.6) is 0 Å². The molecule has 5 aliphatic rings. The van der Waals surface area contributed by atoms with Crippen LogP contribution in [0.4, 0.5) is 0 Å². The summed E-state index contributed by atoms with van der Waals surface area (Å²) >= 11 is 0. The molecule has 1 unspecified atom stereocenters. The van der Waals surface area contributed by atoms with E-state index in [0.29, 0.717) is 11.8 Å². The Morgan fingerprint density at radius 2 is 1.87 bits per heavy atom. The molecule has 2 bridgehead atoms. The summed E-state index contributed by atoms with van der Waals surface area (Å²) in [4.78, 5) is 0. The van der Waals surface area contributed by atoms with Crippen LogP contribution in [-0.2, 0) is 4.74 Å². The van der Waals surface area contributed by atoms with Crippen LogP contribution in [0, 0.1) is 11.3 Å². The third-order valence-electron chi connectivity index (χ3n) is 9.83. The molecule has 1 N–H and O–H groups in total. The summed E-state index contributed by atoms with van der Waals surface area (Å²) < 4.78 is 7.19. The number of allylic oxidation sites excluding steroid dienone is 1. The molecule has 2 nitrogen and oxygen atoms in total. The summed E-state index contributed by atoms with van der Waals surface area (Å²) in [6, 6.07) is 15.9.